The molecule has 4 nitrogen and oxygen atoms in total. The van der Waals surface area contributed by atoms with E-state index < -0.39 is 0 Å². The Morgan fingerprint density at radius 2 is 2.25 bits per heavy atom. The second-order valence-corrected chi connectivity index (χ2v) is 4.88. The lowest BCUT2D eigenvalue weighted by Crippen LogP contribution is -2.26. The van der Waals surface area contributed by atoms with Gasteiger partial charge in [-0.3, -0.25) is 4.79 Å². The molecule has 0 aromatic carbocycles. The van der Waals surface area contributed by atoms with Gasteiger partial charge < -0.3 is 10.1 Å². The van der Waals surface area contributed by atoms with E-state index in [1.165, 1.54) is 4.88 Å². The molecule has 16 heavy (non-hydrogen) atoms. The lowest BCUT2D eigenvalue weighted by Gasteiger charge is -2.02. The molecule has 1 aromatic rings. The number of aromatic nitrogens is 1. The SMILES string of the molecule is COCCC(=O)NCCc1nc(C)c(C)s1. The van der Waals surface area contributed by atoms with Crippen LogP contribution in [0.1, 0.15) is 22.0 Å². The van der Waals surface area contributed by atoms with E-state index in [9.17, 15) is 4.79 Å². The summed E-state index contributed by atoms with van der Waals surface area (Å²) in [4.78, 5) is 16.9. The first-order valence-corrected chi connectivity index (χ1v) is 6.13. The molecule has 0 spiro atoms. The molecule has 0 bridgehead atoms. The number of thiazole rings is 1. The molecule has 1 N–H and O–H groups in total. The third-order valence-electron chi connectivity index (χ3n) is 2.27. The van der Waals surface area contributed by atoms with Crippen molar-refractivity contribution in [3.05, 3.63) is 15.6 Å². The Balaban J connectivity index is 2.22. The minimum Gasteiger partial charge on any atom is -0.384 e. The number of hydrogen-bond acceptors (Lipinski definition) is 4. The van der Waals surface area contributed by atoms with Gasteiger partial charge in [-0.1, -0.05) is 0 Å². The topological polar surface area (TPSA) is 51.2 Å². The summed E-state index contributed by atoms with van der Waals surface area (Å²) in [7, 11) is 1.59. The molecule has 0 aliphatic rings. The number of carbonyl (C=O) groups excluding carboxylic acids is 1. The summed E-state index contributed by atoms with van der Waals surface area (Å²) >= 11 is 1.70. The number of carbonyl (C=O) groups is 1. The van der Waals surface area contributed by atoms with Gasteiger partial charge in [0.15, 0.2) is 0 Å². The van der Waals surface area contributed by atoms with Gasteiger partial charge >= 0.3 is 0 Å². The molecule has 0 saturated heterocycles. The summed E-state index contributed by atoms with van der Waals surface area (Å²) in [6, 6.07) is 0. The molecule has 1 heterocycles. The van der Waals surface area contributed by atoms with Crippen molar-refractivity contribution in [1.82, 2.24) is 10.3 Å². The quantitative estimate of drug-likeness (QED) is 0.821. The molecular formula is C11H18N2O2S. The van der Waals surface area contributed by atoms with Crippen molar-refractivity contribution < 1.29 is 9.53 Å². The lowest BCUT2D eigenvalue weighted by atomic mass is 10.4. The first kappa shape index (κ1) is 13.1. The third-order valence-corrected chi connectivity index (χ3v) is 3.40. The standard InChI is InChI=1S/C11H18N2O2S/c1-8-9(2)16-11(13-8)4-6-12-10(14)5-7-15-3/h4-7H2,1-3H3,(H,12,14). The van der Waals surface area contributed by atoms with Gasteiger partial charge in [0, 0.05) is 31.4 Å². The highest BCUT2D eigenvalue weighted by molar-refractivity contribution is 7.11. The Kier molecular flexibility index (Phi) is 5.42. The van der Waals surface area contributed by atoms with Crippen molar-refractivity contribution in [3.8, 4) is 0 Å². The van der Waals surface area contributed by atoms with E-state index in [1.54, 1.807) is 18.4 Å². The van der Waals surface area contributed by atoms with Gasteiger partial charge in [0.1, 0.15) is 0 Å². The predicted molar refractivity (Wildman–Crippen MR) is 64.8 cm³/mol. The Bertz CT molecular complexity index is 330. The normalized spacial score (nSPS) is 10.4. The third kappa shape index (κ3) is 4.28. The van der Waals surface area contributed by atoms with Crippen molar-refractivity contribution in [2.24, 2.45) is 0 Å². The fourth-order valence-electron chi connectivity index (χ4n) is 1.24. The Hall–Kier alpha value is -0.940. The van der Waals surface area contributed by atoms with Gasteiger partial charge in [0.05, 0.1) is 17.3 Å². The van der Waals surface area contributed by atoms with E-state index >= 15 is 0 Å². The van der Waals surface area contributed by atoms with Crippen LogP contribution in [0.2, 0.25) is 0 Å². The zero-order valence-corrected chi connectivity index (χ0v) is 10.8. The molecule has 1 rings (SSSR count). The molecule has 90 valence electrons. The van der Waals surface area contributed by atoms with Crippen LogP contribution in [0.4, 0.5) is 0 Å². The monoisotopic (exact) mass is 242 g/mol. The van der Waals surface area contributed by atoms with Crippen LogP contribution in [0.3, 0.4) is 0 Å². The Morgan fingerprint density at radius 3 is 2.81 bits per heavy atom. The second kappa shape index (κ2) is 6.60. The molecule has 0 fully saturated rings. The van der Waals surface area contributed by atoms with E-state index in [-0.39, 0.29) is 5.91 Å². The molecule has 1 aromatic heterocycles. The molecule has 0 unspecified atom stereocenters. The number of ether oxygens (including phenoxy) is 1. The summed E-state index contributed by atoms with van der Waals surface area (Å²) in [6.07, 6.45) is 1.23. The molecule has 0 saturated carbocycles. The number of hydrogen-bond donors (Lipinski definition) is 1. The highest BCUT2D eigenvalue weighted by Crippen LogP contribution is 2.16. The van der Waals surface area contributed by atoms with Gasteiger partial charge in [-0.05, 0) is 13.8 Å². The number of nitrogens with zero attached hydrogens (tertiary/aromatic N) is 1. The fourth-order valence-corrected chi connectivity index (χ4v) is 2.17. The maximum atomic E-state index is 11.3. The van der Waals surface area contributed by atoms with Crippen LogP contribution < -0.4 is 5.32 Å². The molecular weight excluding hydrogens is 224 g/mol. The van der Waals surface area contributed by atoms with Gasteiger partial charge in [-0.25, -0.2) is 4.98 Å². The van der Waals surface area contributed by atoms with Crippen molar-refractivity contribution in [3.63, 3.8) is 0 Å². The first-order valence-electron chi connectivity index (χ1n) is 5.32. The van der Waals surface area contributed by atoms with E-state index in [2.05, 4.69) is 17.2 Å². The summed E-state index contributed by atoms with van der Waals surface area (Å²) in [5, 5.41) is 3.93. The fraction of sp³-hybridized carbons (Fsp3) is 0.636. The number of rotatable bonds is 6. The van der Waals surface area contributed by atoms with Crippen molar-refractivity contribution >= 4 is 17.2 Å². The van der Waals surface area contributed by atoms with Crippen LogP contribution in [0.5, 0.6) is 0 Å². The van der Waals surface area contributed by atoms with Crippen molar-refractivity contribution in [2.75, 3.05) is 20.3 Å². The minimum atomic E-state index is 0.0341. The van der Waals surface area contributed by atoms with E-state index in [4.69, 9.17) is 4.74 Å². The predicted octanol–water partition coefficient (Wildman–Crippen LogP) is 1.46. The minimum absolute atomic E-state index is 0.0341. The van der Waals surface area contributed by atoms with Crippen LogP contribution in [0, 0.1) is 13.8 Å². The Morgan fingerprint density at radius 1 is 1.50 bits per heavy atom. The summed E-state index contributed by atoms with van der Waals surface area (Å²) in [6.45, 7) is 5.19. The van der Waals surface area contributed by atoms with Gasteiger partial charge in [0.25, 0.3) is 0 Å². The number of nitrogens with one attached hydrogen (secondary N) is 1. The summed E-state index contributed by atoms with van der Waals surface area (Å²) in [5.41, 5.74) is 1.09. The highest BCUT2D eigenvalue weighted by atomic mass is 32.1. The zero-order chi connectivity index (χ0) is 12.0. The number of methoxy groups -OCH3 is 1. The molecule has 5 heteroatoms. The maximum Gasteiger partial charge on any atom is 0.222 e. The number of amides is 1. The first-order chi connectivity index (χ1) is 7.63. The lowest BCUT2D eigenvalue weighted by molar-refractivity contribution is -0.121. The largest absolute Gasteiger partial charge is 0.384 e. The molecule has 0 radical (unpaired) electrons. The zero-order valence-electron chi connectivity index (χ0n) is 10.0. The van der Waals surface area contributed by atoms with Crippen LogP contribution in [0.15, 0.2) is 0 Å². The average Bonchev–Trinajstić information content (AvgIpc) is 2.55. The van der Waals surface area contributed by atoms with Crippen LogP contribution in [0.25, 0.3) is 0 Å². The van der Waals surface area contributed by atoms with Crippen LogP contribution in [-0.4, -0.2) is 31.2 Å². The molecule has 0 aliphatic heterocycles. The molecule has 1 amide bonds. The second-order valence-electron chi connectivity index (χ2n) is 3.59. The number of aryl methyl sites for hydroxylation is 2. The summed E-state index contributed by atoms with van der Waals surface area (Å²) in [5.74, 6) is 0.0341. The smallest absolute Gasteiger partial charge is 0.222 e. The molecule has 0 aliphatic carbocycles. The molecule has 0 atom stereocenters. The van der Waals surface area contributed by atoms with Crippen LogP contribution >= 0.6 is 11.3 Å². The maximum absolute atomic E-state index is 11.3. The summed E-state index contributed by atoms with van der Waals surface area (Å²) < 4.78 is 4.83. The van der Waals surface area contributed by atoms with Crippen LogP contribution in [-0.2, 0) is 16.0 Å². The van der Waals surface area contributed by atoms with Gasteiger partial charge in [0.2, 0.25) is 5.91 Å². The van der Waals surface area contributed by atoms with E-state index in [1.807, 2.05) is 6.92 Å². The van der Waals surface area contributed by atoms with Gasteiger partial charge in [-0.15, -0.1) is 11.3 Å². The van der Waals surface area contributed by atoms with Crippen molar-refractivity contribution in [2.45, 2.75) is 26.7 Å². The highest BCUT2D eigenvalue weighted by Gasteiger charge is 2.04. The van der Waals surface area contributed by atoms with Crippen molar-refractivity contribution in [1.29, 1.82) is 0 Å². The Labute approximate surface area is 100 Å². The van der Waals surface area contributed by atoms with Gasteiger partial charge in [-0.2, -0.15) is 0 Å². The van der Waals surface area contributed by atoms with E-state index in [0.29, 0.717) is 19.6 Å². The van der Waals surface area contributed by atoms with E-state index in [0.717, 1.165) is 17.1 Å². The average molecular weight is 242 g/mol.